The summed E-state index contributed by atoms with van der Waals surface area (Å²) < 4.78 is 68.6. The minimum Gasteiger partial charge on any atom is -0.462 e. The molecular formula is C79H154O17P2. The summed E-state index contributed by atoms with van der Waals surface area (Å²) in [4.78, 5) is 72.9. The molecule has 0 amide bonds. The molecule has 582 valence electrons. The van der Waals surface area contributed by atoms with Crippen LogP contribution in [0.1, 0.15) is 408 Å². The number of hydrogen-bond acceptors (Lipinski definition) is 15. The summed E-state index contributed by atoms with van der Waals surface area (Å²) in [5.41, 5.74) is 0. The maximum absolute atomic E-state index is 13.1. The molecule has 19 heteroatoms. The first kappa shape index (κ1) is 96.1. The van der Waals surface area contributed by atoms with Gasteiger partial charge >= 0.3 is 39.5 Å². The Morgan fingerprint density at radius 2 is 0.520 bits per heavy atom. The van der Waals surface area contributed by atoms with Crippen molar-refractivity contribution in [2.24, 2.45) is 17.8 Å². The van der Waals surface area contributed by atoms with E-state index in [0.29, 0.717) is 25.7 Å². The Balaban J connectivity index is 5.24. The molecule has 0 radical (unpaired) electrons. The quantitative estimate of drug-likeness (QED) is 0.0222. The van der Waals surface area contributed by atoms with E-state index in [0.717, 1.165) is 114 Å². The van der Waals surface area contributed by atoms with Crippen LogP contribution in [-0.4, -0.2) is 96.7 Å². The van der Waals surface area contributed by atoms with Crippen molar-refractivity contribution in [1.82, 2.24) is 0 Å². The Morgan fingerprint density at radius 1 is 0.296 bits per heavy atom. The van der Waals surface area contributed by atoms with E-state index in [1.54, 1.807) is 0 Å². The van der Waals surface area contributed by atoms with Crippen LogP contribution in [0.3, 0.4) is 0 Å². The van der Waals surface area contributed by atoms with Crippen molar-refractivity contribution in [2.75, 3.05) is 39.6 Å². The molecule has 0 aromatic carbocycles. The second-order valence-electron chi connectivity index (χ2n) is 29.6. The first-order valence-corrected chi connectivity index (χ1v) is 43.9. The summed E-state index contributed by atoms with van der Waals surface area (Å²) in [6.07, 6.45) is 56.9. The Hall–Kier alpha value is -1.94. The van der Waals surface area contributed by atoms with E-state index in [1.807, 2.05) is 0 Å². The van der Waals surface area contributed by atoms with Crippen LogP contribution in [0.2, 0.25) is 0 Å². The molecule has 0 spiro atoms. The lowest BCUT2D eigenvalue weighted by Gasteiger charge is -2.21. The number of aliphatic hydroxyl groups excluding tert-OH is 1. The first-order chi connectivity index (χ1) is 47.3. The predicted molar refractivity (Wildman–Crippen MR) is 400 cm³/mol. The summed E-state index contributed by atoms with van der Waals surface area (Å²) in [6, 6.07) is 0. The maximum Gasteiger partial charge on any atom is 0.472 e. The summed E-state index contributed by atoms with van der Waals surface area (Å²) in [5.74, 6) is 0.226. The zero-order chi connectivity index (χ0) is 72.3. The van der Waals surface area contributed by atoms with Crippen LogP contribution in [0.4, 0.5) is 0 Å². The highest BCUT2D eigenvalue weighted by atomic mass is 31.2. The number of hydrogen-bond donors (Lipinski definition) is 3. The third kappa shape index (κ3) is 71.1. The van der Waals surface area contributed by atoms with Gasteiger partial charge in [-0.3, -0.25) is 37.3 Å². The molecule has 0 aromatic rings. The SMILES string of the molecule is CCCCCCCCCCCCCCC(=O)O[C@H](COC(=O)CCCCCCCCC(C)CC)COP(=O)(O)OC[C@H](O)COP(=O)(O)OC[C@@H](COC(=O)CCCCCCCCCCCCCCCCC(C)C)OC(=O)CCCCCCCCCCCCCCCCCCC(C)C. The van der Waals surface area contributed by atoms with Gasteiger partial charge in [-0.2, -0.15) is 0 Å². The number of phosphoric ester groups is 2. The molecule has 6 atom stereocenters. The van der Waals surface area contributed by atoms with E-state index in [2.05, 4.69) is 48.5 Å². The molecule has 0 aromatic heterocycles. The molecule has 0 aliphatic heterocycles. The molecule has 0 rings (SSSR count). The minimum absolute atomic E-state index is 0.106. The second kappa shape index (κ2) is 69.4. The maximum atomic E-state index is 13.1. The summed E-state index contributed by atoms with van der Waals surface area (Å²) >= 11 is 0. The van der Waals surface area contributed by atoms with Crippen molar-refractivity contribution in [2.45, 2.75) is 426 Å². The molecule has 3 unspecified atom stereocenters. The third-order valence-corrected chi connectivity index (χ3v) is 20.6. The van der Waals surface area contributed by atoms with Gasteiger partial charge in [-0.05, 0) is 43.4 Å². The minimum atomic E-state index is -4.96. The van der Waals surface area contributed by atoms with Crippen LogP contribution in [0, 0.1) is 17.8 Å². The van der Waals surface area contributed by atoms with Crippen LogP contribution in [0.25, 0.3) is 0 Å². The van der Waals surface area contributed by atoms with Gasteiger partial charge in [0.1, 0.15) is 19.3 Å². The first-order valence-electron chi connectivity index (χ1n) is 40.9. The number of phosphoric acid groups is 2. The number of carbonyl (C=O) groups is 4. The summed E-state index contributed by atoms with van der Waals surface area (Å²) in [7, 11) is -9.92. The normalized spacial score (nSPS) is 14.3. The highest BCUT2D eigenvalue weighted by Crippen LogP contribution is 2.45. The Morgan fingerprint density at radius 3 is 0.776 bits per heavy atom. The van der Waals surface area contributed by atoms with Crippen molar-refractivity contribution in [3.05, 3.63) is 0 Å². The molecule has 0 fully saturated rings. The van der Waals surface area contributed by atoms with Crippen LogP contribution >= 0.6 is 15.6 Å². The summed E-state index contributed by atoms with van der Waals surface area (Å²) in [5, 5.41) is 10.6. The van der Waals surface area contributed by atoms with Gasteiger partial charge in [0.05, 0.1) is 26.4 Å². The van der Waals surface area contributed by atoms with Crippen molar-refractivity contribution < 1.29 is 80.2 Å². The Kier molecular flexibility index (Phi) is 68.1. The fraction of sp³-hybridized carbons (Fsp3) is 0.949. The second-order valence-corrected chi connectivity index (χ2v) is 32.6. The number of aliphatic hydroxyl groups is 1. The lowest BCUT2D eigenvalue weighted by molar-refractivity contribution is -0.161. The van der Waals surface area contributed by atoms with E-state index in [1.165, 1.54) is 212 Å². The van der Waals surface area contributed by atoms with Gasteiger partial charge in [-0.1, -0.05) is 357 Å². The lowest BCUT2D eigenvalue weighted by atomic mass is 10.00. The number of esters is 4. The number of ether oxygens (including phenoxy) is 4. The van der Waals surface area contributed by atoms with Gasteiger partial charge in [0.2, 0.25) is 0 Å². The average Bonchev–Trinajstić information content (AvgIpc) is 1.01. The largest absolute Gasteiger partial charge is 0.472 e. The van der Waals surface area contributed by atoms with E-state index >= 15 is 0 Å². The molecule has 0 saturated heterocycles. The molecule has 0 bridgehead atoms. The number of rotatable bonds is 77. The highest BCUT2D eigenvalue weighted by Gasteiger charge is 2.30. The smallest absolute Gasteiger partial charge is 0.462 e. The van der Waals surface area contributed by atoms with Crippen molar-refractivity contribution >= 4 is 39.5 Å². The van der Waals surface area contributed by atoms with Gasteiger partial charge < -0.3 is 33.8 Å². The third-order valence-electron chi connectivity index (χ3n) is 18.7. The van der Waals surface area contributed by atoms with Crippen LogP contribution in [-0.2, 0) is 65.4 Å². The van der Waals surface area contributed by atoms with Gasteiger partial charge in [-0.15, -0.1) is 0 Å². The van der Waals surface area contributed by atoms with E-state index < -0.39 is 97.5 Å². The zero-order valence-electron chi connectivity index (χ0n) is 64.3. The van der Waals surface area contributed by atoms with E-state index in [4.69, 9.17) is 37.0 Å². The summed E-state index contributed by atoms with van der Waals surface area (Å²) in [6.45, 7) is 11.9. The molecule has 98 heavy (non-hydrogen) atoms. The topological polar surface area (TPSA) is 237 Å². The van der Waals surface area contributed by atoms with E-state index in [9.17, 15) is 43.2 Å². The predicted octanol–water partition coefficient (Wildman–Crippen LogP) is 23.4. The fourth-order valence-electron chi connectivity index (χ4n) is 12.1. The van der Waals surface area contributed by atoms with Gasteiger partial charge in [0.15, 0.2) is 12.2 Å². The highest BCUT2D eigenvalue weighted by molar-refractivity contribution is 7.47. The van der Waals surface area contributed by atoms with E-state index in [-0.39, 0.29) is 25.7 Å². The number of carbonyl (C=O) groups excluding carboxylic acids is 4. The van der Waals surface area contributed by atoms with Gasteiger partial charge in [-0.25, -0.2) is 9.13 Å². The molecule has 0 saturated carbocycles. The Bertz CT molecular complexity index is 1910. The Labute approximate surface area is 600 Å². The lowest BCUT2D eigenvalue weighted by Crippen LogP contribution is -2.30. The molecule has 0 heterocycles. The average molecular weight is 1440 g/mol. The van der Waals surface area contributed by atoms with Crippen LogP contribution < -0.4 is 0 Å². The van der Waals surface area contributed by atoms with Crippen molar-refractivity contribution in [1.29, 1.82) is 0 Å². The molecule has 0 aliphatic rings. The monoisotopic (exact) mass is 1440 g/mol. The molecular weight excluding hydrogens is 1280 g/mol. The zero-order valence-corrected chi connectivity index (χ0v) is 66.0. The standard InChI is InChI=1S/C79H154O17P2/c1-8-10-11-12-13-14-15-28-34-39-48-55-62-78(83)96-75(67-90-77(82)61-54-47-42-41-45-52-59-72(7)9-2)69-94-98(87,88)92-65-73(80)64-91-97(85,86)93-68-74(66-89-76(81)60-53-46-38-33-29-24-21-20-23-27-32-37-44-51-58-71(5)6)95-79(84)63-56-49-40-35-30-25-19-17-16-18-22-26-31-36-43-50-57-70(3)4/h70-75,80H,8-69H2,1-7H3,(H,85,86)(H,87,88)/t72?,73-,74-,75-/m1/s1. The number of unbranched alkanes of at least 4 members (excludes halogenated alkanes) is 44. The van der Waals surface area contributed by atoms with Crippen molar-refractivity contribution in [3.8, 4) is 0 Å². The fourth-order valence-corrected chi connectivity index (χ4v) is 13.7. The molecule has 3 N–H and O–H groups in total. The van der Waals surface area contributed by atoms with Crippen LogP contribution in [0.5, 0.6) is 0 Å². The molecule has 0 aliphatic carbocycles. The van der Waals surface area contributed by atoms with Crippen LogP contribution in [0.15, 0.2) is 0 Å². The molecule has 17 nitrogen and oxygen atoms in total. The van der Waals surface area contributed by atoms with Gasteiger partial charge in [0, 0.05) is 25.7 Å². The van der Waals surface area contributed by atoms with Gasteiger partial charge in [0.25, 0.3) is 0 Å². The van der Waals surface area contributed by atoms with Crippen molar-refractivity contribution in [3.63, 3.8) is 0 Å².